The summed E-state index contributed by atoms with van der Waals surface area (Å²) in [7, 11) is 1.56. The van der Waals surface area contributed by atoms with Gasteiger partial charge in [0.15, 0.2) is 17.3 Å². The van der Waals surface area contributed by atoms with Gasteiger partial charge in [-0.2, -0.15) is 10.4 Å². The summed E-state index contributed by atoms with van der Waals surface area (Å²) in [6.07, 6.45) is 0. The molecule has 0 bridgehead atoms. The minimum atomic E-state index is -0.121. The van der Waals surface area contributed by atoms with Gasteiger partial charge in [0.25, 0.3) is 0 Å². The van der Waals surface area contributed by atoms with Crippen LogP contribution in [0.4, 0.5) is 5.82 Å². The molecule has 0 radical (unpaired) electrons. The zero-order chi connectivity index (χ0) is 18.4. The number of nitriles is 1. The molecule has 2 N–H and O–H groups in total. The number of hydrogen-bond donors (Lipinski definition) is 2. The first kappa shape index (κ1) is 18.5. The smallest absolute Gasteiger partial charge is 0.167 e. The second-order valence-electron chi connectivity index (χ2n) is 5.59. The number of ether oxygens (including phenoxy) is 2. The molecule has 1 heterocycles. The van der Waals surface area contributed by atoms with E-state index in [1.165, 1.54) is 0 Å². The molecular weight excluding hydrogens is 320 g/mol. The number of aliphatic hydroxyl groups is 1. The van der Waals surface area contributed by atoms with Gasteiger partial charge in [-0.25, -0.2) is 0 Å². The Morgan fingerprint density at radius 2 is 2.04 bits per heavy atom. The monoisotopic (exact) mass is 342 g/mol. The first-order chi connectivity index (χ1) is 12.0. The Balaban J connectivity index is 2.26. The highest BCUT2D eigenvalue weighted by atomic mass is 16.5. The molecule has 1 atom stereocenters. The Morgan fingerprint density at radius 1 is 1.28 bits per heavy atom. The highest BCUT2D eigenvalue weighted by Gasteiger charge is 2.15. The fourth-order valence-corrected chi connectivity index (χ4v) is 2.36. The molecule has 0 aliphatic rings. The highest BCUT2D eigenvalue weighted by molar-refractivity contribution is 5.57. The van der Waals surface area contributed by atoms with Crippen molar-refractivity contribution in [2.24, 2.45) is 0 Å². The van der Waals surface area contributed by atoms with Gasteiger partial charge in [0.05, 0.1) is 25.5 Å². The summed E-state index contributed by atoms with van der Waals surface area (Å²) >= 11 is 0. The van der Waals surface area contributed by atoms with E-state index in [1.807, 2.05) is 32.9 Å². The van der Waals surface area contributed by atoms with E-state index in [9.17, 15) is 5.26 Å². The summed E-state index contributed by atoms with van der Waals surface area (Å²) in [5, 5.41) is 29.7. The average molecular weight is 342 g/mol. The lowest BCUT2D eigenvalue weighted by Gasteiger charge is -2.18. The van der Waals surface area contributed by atoms with Gasteiger partial charge in [-0.15, -0.1) is 5.10 Å². The van der Waals surface area contributed by atoms with Crippen LogP contribution in [0.1, 0.15) is 35.3 Å². The number of nitrogens with one attached hydrogen (secondary N) is 1. The van der Waals surface area contributed by atoms with Crippen LogP contribution in [0.5, 0.6) is 11.5 Å². The van der Waals surface area contributed by atoms with Crippen LogP contribution in [0, 0.1) is 25.2 Å². The van der Waals surface area contributed by atoms with Gasteiger partial charge in [0.1, 0.15) is 18.2 Å². The van der Waals surface area contributed by atoms with Crippen LogP contribution in [-0.4, -0.2) is 35.6 Å². The summed E-state index contributed by atoms with van der Waals surface area (Å²) in [5.41, 5.74) is 2.99. The lowest BCUT2D eigenvalue weighted by atomic mass is 10.1. The molecule has 1 aromatic carbocycles. The summed E-state index contributed by atoms with van der Waals surface area (Å²) in [4.78, 5) is 0. The fourth-order valence-electron chi connectivity index (χ4n) is 2.36. The lowest BCUT2D eigenvalue weighted by Crippen LogP contribution is -2.12. The van der Waals surface area contributed by atoms with Crippen LogP contribution in [0.2, 0.25) is 0 Å². The topological polar surface area (TPSA) is 100 Å². The normalized spacial score (nSPS) is 11.5. The fraction of sp³-hybridized carbons (Fsp3) is 0.389. The van der Waals surface area contributed by atoms with Crippen LogP contribution >= 0.6 is 0 Å². The molecule has 0 saturated carbocycles. The molecule has 0 aliphatic carbocycles. The van der Waals surface area contributed by atoms with Crippen LogP contribution < -0.4 is 14.8 Å². The zero-order valence-electron chi connectivity index (χ0n) is 14.8. The van der Waals surface area contributed by atoms with Crippen molar-refractivity contribution in [2.75, 3.05) is 25.6 Å². The maximum Gasteiger partial charge on any atom is 0.167 e. The maximum atomic E-state index is 9.39. The molecule has 132 valence electrons. The number of benzene rings is 1. The van der Waals surface area contributed by atoms with Crippen molar-refractivity contribution in [1.29, 1.82) is 5.26 Å². The Kier molecular flexibility index (Phi) is 6.14. The molecule has 0 spiro atoms. The number of rotatable bonds is 7. The third-order valence-corrected chi connectivity index (χ3v) is 3.96. The van der Waals surface area contributed by atoms with Crippen molar-refractivity contribution in [3.63, 3.8) is 0 Å². The SMILES string of the molecule is COc1cc([C@@H](C)Nc2nnc(C)c(C)c2C#N)ccc1OCCO. The van der Waals surface area contributed by atoms with Crippen molar-refractivity contribution in [3.8, 4) is 17.6 Å². The van der Waals surface area contributed by atoms with Crippen LogP contribution in [0.3, 0.4) is 0 Å². The standard InChI is InChI=1S/C18H22N4O3/c1-11-12(2)21-22-18(15(11)10-19)20-13(3)14-5-6-16(25-8-7-23)17(9-14)24-4/h5-6,9,13,23H,7-8H2,1-4H3,(H,20,22)/t13-/m1/s1. The summed E-state index contributed by atoms with van der Waals surface area (Å²) < 4.78 is 10.8. The molecule has 25 heavy (non-hydrogen) atoms. The molecule has 0 amide bonds. The number of nitrogens with zero attached hydrogens (tertiary/aromatic N) is 3. The average Bonchev–Trinajstić information content (AvgIpc) is 2.63. The Bertz CT molecular complexity index is 787. The third-order valence-electron chi connectivity index (χ3n) is 3.96. The van der Waals surface area contributed by atoms with Crippen molar-refractivity contribution >= 4 is 5.82 Å². The Labute approximate surface area is 147 Å². The molecule has 1 aromatic heterocycles. The van der Waals surface area contributed by atoms with Crippen molar-refractivity contribution in [1.82, 2.24) is 10.2 Å². The van der Waals surface area contributed by atoms with Crippen LogP contribution in [-0.2, 0) is 0 Å². The molecule has 0 saturated heterocycles. The van der Waals surface area contributed by atoms with Crippen LogP contribution in [0.25, 0.3) is 0 Å². The third kappa shape index (κ3) is 4.17. The summed E-state index contributed by atoms with van der Waals surface area (Å²) in [6, 6.07) is 7.60. The molecular formula is C18H22N4O3. The van der Waals surface area contributed by atoms with Gasteiger partial charge in [-0.05, 0) is 44.0 Å². The second kappa shape index (κ2) is 8.31. The number of aromatic nitrogens is 2. The molecule has 7 heteroatoms. The van der Waals surface area contributed by atoms with E-state index in [2.05, 4.69) is 21.6 Å². The van der Waals surface area contributed by atoms with Gasteiger partial charge in [-0.3, -0.25) is 0 Å². The first-order valence-corrected chi connectivity index (χ1v) is 7.93. The number of anilines is 1. The minimum Gasteiger partial charge on any atom is -0.493 e. The van der Waals surface area contributed by atoms with E-state index in [0.29, 0.717) is 22.9 Å². The Hall–Kier alpha value is -2.85. The van der Waals surface area contributed by atoms with E-state index in [0.717, 1.165) is 16.8 Å². The van der Waals surface area contributed by atoms with Crippen molar-refractivity contribution in [3.05, 3.63) is 40.6 Å². The zero-order valence-corrected chi connectivity index (χ0v) is 14.8. The lowest BCUT2D eigenvalue weighted by molar-refractivity contribution is 0.196. The largest absolute Gasteiger partial charge is 0.493 e. The van der Waals surface area contributed by atoms with Gasteiger partial charge in [0, 0.05) is 0 Å². The molecule has 0 fully saturated rings. The van der Waals surface area contributed by atoms with Gasteiger partial charge < -0.3 is 19.9 Å². The predicted octanol–water partition coefficient (Wildman–Crippen LogP) is 2.52. The van der Waals surface area contributed by atoms with Crippen LogP contribution in [0.15, 0.2) is 18.2 Å². The number of methoxy groups -OCH3 is 1. The van der Waals surface area contributed by atoms with Crippen molar-refractivity contribution in [2.45, 2.75) is 26.8 Å². The molecule has 2 aromatic rings. The maximum absolute atomic E-state index is 9.39. The molecule has 0 unspecified atom stereocenters. The van der Waals surface area contributed by atoms with Gasteiger partial charge in [-0.1, -0.05) is 6.07 Å². The quantitative estimate of drug-likeness (QED) is 0.797. The highest BCUT2D eigenvalue weighted by Crippen LogP contribution is 2.31. The van der Waals surface area contributed by atoms with E-state index in [4.69, 9.17) is 14.6 Å². The van der Waals surface area contributed by atoms with E-state index in [-0.39, 0.29) is 19.3 Å². The van der Waals surface area contributed by atoms with E-state index >= 15 is 0 Å². The minimum absolute atomic E-state index is 0.0642. The number of aliphatic hydroxyl groups excluding tert-OH is 1. The molecule has 2 rings (SSSR count). The molecule has 7 nitrogen and oxygen atoms in total. The Morgan fingerprint density at radius 3 is 2.68 bits per heavy atom. The summed E-state index contributed by atoms with van der Waals surface area (Å²) in [5.74, 6) is 1.60. The van der Waals surface area contributed by atoms with Crippen molar-refractivity contribution < 1.29 is 14.6 Å². The molecule has 0 aliphatic heterocycles. The first-order valence-electron chi connectivity index (χ1n) is 7.93. The van der Waals surface area contributed by atoms with Gasteiger partial charge in [0.2, 0.25) is 0 Å². The number of hydrogen-bond acceptors (Lipinski definition) is 7. The predicted molar refractivity (Wildman–Crippen MR) is 93.8 cm³/mol. The summed E-state index contributed by atoms with van der Waals surface area (Å²) in [6.45, 7) is 5.78. The van der Waals surface area contributed by atoms with E-state index in [1.54, 1.807) is 13.2 Å². The number of aryl methyl sites for hydroxylation is 1. The van der Waals surface area contributed by atoms with E-state index < -0.39 is 0 Å². The van der Waals surface area contributed by atoms with Gasteiger partial charge >= 0.3 is 0 Å². The second-order valence-corrected chi connectivity index (χ2v) is 5.59.